The van der Waals surface area contributed by atoms with E-state index in [1.807, 2.05) is 67.4 Å². The second kappa shape index (κ2) is 8.67. The predicted octanol–water partition coefficient (Wildman–Crippen LogP) is 4.45. The van der Waals surface area contributed by atoms with Crippen molar-refractivity contribution >= 4 is 16.7 Å². The lowest BCUT2D eigenvalue weighted by atomic mass is 10.0. The summed E-state index contributed by atoms with van der Waals surface area (Å²) in [5, 5.41) is 1.65. The number of amides is 1. The molecule has 31 heavy (non-hydrogen) atoms. The summed E-state index contributed by atoms with van der Waals surface area (Å²) in [5.41, 5.74) is 3.31. The summed E-state index contributed by atoms with van der Waals surface area (Å²) in [6, 6.07) is 16.1. The Morgan fingerprint density at radius 3 is 2.39 bits per heavy atom. The number of benzene rings is 2. The molecule has 0 unspecified atom stereocenters. The molecule has 2 aromatic carbocycles. The van der Waals surface area contributed by atoms with Crippen molar-refractivity contribution in [2.45, 2.75) is 45.7 Å². The number of carbonyl (C=O) groups is 1. The monoisotopic (exact) mass is 417 g/mol. The average Bonchev–Trinajstić information content (AvgIpc) is 2.79. The number of fused-ring (bicyclic) bond motifs is 1. The van der Waals surface area contributed by atoms with E-state index in [1.165, 1.54) is 0 Å². The van der Waals surface area contributed by atoms with Crippen LogP contribution in [-0.4, -0.2) is 52.9 Å². The summed E-state index contributed by atoms with van der Waals surface area (Å²) < 4.78 is 0. The molecule has 1 fully saturated rings. The predicted molar refractivity (Wildman–Crippen MR) is 127 cm³/mol. The van der Waals surface area contributed by atoms with Gasteiger partial charge in [-0.3, -0.25) is 9.59 Å². The molecule has 5 nitrogen and oxygen atoms in total. The first-order valence-electron chi connectivity index (χ1n) is 11.1. The van der Waals surface area contributed by atoms with Gasteiger partial charge in [-0.25, -0.2) is 0 Å². The lowest BCUT2D eigenvalue weighted by molar-refractivity contribution is 0.0615. The molecule has 1 aliphatic heterocycles. The standard InChI is InChI=1S/C26H31N3O2/c1-17(2)29-14-12-21(13-15-29)28(4)26(31)20-10-8-19(9-11-20)24-16-23-18(3)6-5-7-22(23)25(30)27-24/h5-11,16-17,21H,12-15H2,1-4H3,(H,27,30). The van der Waals surface area contributed by atoms with Crippen LogP contribution in [0.4, 0.5) is 0 Å². The summed E-state index contributed by atoms with van der Waals surface area (Å²) in [5.74, 6) is 0.0531. The van der Waals surface area contributed by atoms with Crippen molar-refractivity contribution in [2.24, 2.45) is 0 Å². The number of nitrogens with one attached hydrogen (secondary N) is 1. The minimum atomic E-state index is -0.0937. The SMILES string of the molecule is Cc1cccc2c(=O)[nH]c(-c3ccc(C(=O)N(C)C4CCN(C(C)C)CC4)cc3)cc12. The van der Waals surface area contributed by atoms with Crippen LogP contribution in [0.3, 0.4) is 0 Å². The number of H-pyrrole nitrogens is 1. The molecule has 0 radical (unpaired) electrons. The molecular formula is C26H31N3O2. The summed E-state index contributed by atoms with van der Waals surface area (Å²) in [6.45, 7) is 8.53. The Bertz CT molecular complexity index is 1140. The third kappa shape index (κ3) is 4.28. The van der Waals surface area contributed by atoms with Crippen molar-refractivity contribution in [3.8, 4) is 11.3 Å². The maximum Gasteiger partial charge on any atom is 0.256 e. The van der Waals surface area contributed by atoms with Gasteiger partial charge >= 0.3 is 0 Å². The average molecular weight is 418 g/mol. The third-order valence-corrected chi connectivity index (χ3v) is 6.65. The molecule has 0 aliphatic carbocycles. The van der Waals surface area contributed by atoms with E-state index < -0.39 is 0 Å². The molecule has 0 bridgehead atoms. The van der Waals surface area contributed by atoms with Gasteiger partial charge in [0.1, 0.15) is 0 Å². The summed E-state index contributed by atoms with van der Waals surface area (Å²) in [4.78, 5) is 32.9. The molecule has 1 amide bonds. The molecule has 162 valence electrons. The highest BCUT2D eigenvalue weighted by Gasteiger charge is 2.26. The van der Waals surface area contributed by atoms with E-state index >= 15 is 0 Å². The van der Waals surface area contributed by atoms with Crippen LogP contribution in [0, 0.1) is 6.92 Å². The molecule has 3 aromatic rings. The third-order valence-electron chi connectivity index (χ3n) is 6.65. The molecule has 1 saturated heterocycles. The number of pyridine rings is 1. The van der Waals surface area contributed by atoms with Crippen molar-refractivity contribution in [1.82, 2.24) is 14.8 Å². The van der Waals surface area contributed by atoms with Crippen molar-refractivity contribution < 1.29 is 4.79 Å². The van der Waals surface area contributed by atoms with E-state index in [2.05, 4.69) is 23.7 Å². The maximum absolute atomic E-state index is 13.0. The highest BCUT2D eigenvalue weighted by molar-refractivity contribution is 5.95. The minimum Gasteiger partial charge on any atom is -0.339 e. The first kappa shape index (κ1) is 21.3. The molecule has 5 heteroatoms. The fourth-order valence-electron chi connectivity index (χ4n) is 4.55. The Hall–Kier alpha value is -2.92. The fourth-order valence-corrected chi connectivity index (χ4v) is 4.55. The lowest BCUT2D eigenvalue weighted by Gasteiger charge is -2.38. The van der Waals surface area contributed by atoms with E-state index in [4.69, 9.17) is 0 Å². The van der Waals surface area contributed by atoms with Gasteiger partial charge in [0.25, 0.3) is 11.5 Å². The topological polar surface area (TPSA) is 56.4 Å². The van der Waals surface area contributed by atoms with E-state index in [0.717, 1.165) is 48.1 Å². The zero-order valence-electron chi connectivity index (χ0n) is 18.8. The van der Waals surface area contributed by atoms with Crippen molar-refractivity contribution in [1.29, 1.82) is 0 Å². The van der Waals surface area contributed by atoms with Crippen molar-refractivity contribution in [2.75, 3.05) is 20.1 Å². The van der Waals surface area contributed by atoms with E-state index in [1.54, 1.807) is 0 Å². The summed E-state index contributed by atoms with van der Waals surface area (Å²) >= 11 is 0. The second-order valence-electron chi connectivity index (χ2n) is 8.90. The molecule has 1 N–H and O–H groups in total. The van der Waals surface area contributed by atoms with Gasteiger partial charge in [-0.05, 0) is 74.4 Å². The summed E-state index contributed by atoms with van der Waals surface area (Å²) in [7, 11) is 1.91. The second-order valence-corrected chi connectivity index (χ2v) is 8.90. The number of aryl methyl sites for hydroxylation is 1. The van der Waals surface area contributed by atoms with Gasteiger partial charge in [0.05, 0.1) is 0 Å². The van der Waals surface area contributed by atoms with Crippen LogP contribution in [-0.2, 0) is 0 Å². The van der Waals surface area contributed by atoms with E-state index in [0.29, 0.717) is 17.0 Å². The number of likely N-dealkylation sites (tertiary alicyclic amines) is 1. The van der Waals surface area contributed by atoms with Gasteiger partial charge in [0, 0.05) is 48.9 Å². The molecule has 1 aromatic heterocycles. The maximum atomic E-state index is 13.0. The van der Waals surface area contributed by atoms with Crippen molar-refractivity contribution in [3.05, 3.63) is 70.0 Å². The van der Waals surface area contributed by atoms with Gasteiger partial charge in [-0.2, -0.15) is 0 Å². The highest BCUT2D eigenvalue weighted by atomic mass is 16.2. The molecule has 0 spiro atoms. The fraction of sp³-hybridized carbons (Fsp3) is 0.385. The Balaban J connectivity index is 1.52. The largest absolute Gasteiger partial charge is 0.339 e. The molecular weight excluding hydrogens is 386 g/mol. The Morgan fingerprint density at radius 1 is 1.06 bits per heavy atom. The lowest BCUT2D eigenvalue weighted by Crippen LogP contribution is -2.47. The van der Waals surface area contributed by atoms with Gasteiger partial charge in [0.2, 0.25) is 0 Å². The van der Waals surface area contributed by atoms with Gasteiger partial charge in [-0.1, -0.05) is 24.3 Å². The molecule has 0 atom stereocenters. The highest BCUT2D eigenvalue weighted by Crippen LogP contribution is 2.24. The van der Waals surface area contributed by atoms with Gasteiger partial charge in [-0.15, -0.1) is 0 Å². The Morgan fingerprint density at radius 2 is 1.74 bits per heavy atom. The summed E-state index contributed by atoms with van der Waals surface area (Å²) in [6.07, 6.45) is 2.02. The van der Waals surface area contributed by atoms with E-state index in [-0.39, 0.29) is 17.5 Å². The number of aromatic nitrogens is 1. The molecule has 0 saturated carbocycles. The van der Waals surface area contributed by atoms with Crippen LogP contribution in [0.15, 0.2) is 53.3 Å². The molecule has 2 heterocycles. The number of rotatable bonds is 4. The van der Waals surface area contributed by atoms with E-state index in [9.17, 15) is 9.59 Å². The zero-order valence-corrected chi connectivity index (χ0v) is 18.8. The first-order valence-corrected chi connectivity index (χ1v) is 11.1. The minimum absolute atomic E-state index is 0.0531. The number of aromatic amines is 1. The molecule has 4 rings (SSSR count). The van der Waals surface area contributed by atoms with Crippen LogP contribution < -0.4 is 5.56 Å². The van der Waals surface area contributed by atoms with Gasteiger partial charge < -0.3 is 14.8 Å². The van der Waals surface area contributed by atoms with Crippen LogP contribution in [0.25, 0.3) is 22.0 Å². The number of hydrogen-bond donors (Lipinski definition) is 1. The Labute approximate surface area is 183 Å². The van der Waals surface area contributed by atoms with Crippen LogP contribution in [0.5, 0.6) is 0 Å². The smallest absolute Gasteiger partial charge is 0.256 e. The number of nitrogens with zero attached hydrogens (tertiary/aromatic N) is 2. The van der Waals surface area contributed by atoms with Crippen LogP contribution in [0.1, 0.15) is 42.6 Å². The number of carbonyl (C=O) groups excluding carboxylic acids is 1. The first-order chi connectivity index (χ1) is 14.8. The quantitative estimate of drug-likeness (QED) is 0.682. The normalized spacial score (nSPS) is 15.5. The van der Waals surface area contributed by atoms with Crippen LogP contribution in [0.2, 0.25) is 0 Å². The Kier molecular flexibility index (Phi) is 5.96. The zero-order chi connectivity index (χ0) is 22.1. The number of hydrogen-bond acceptors (Lipinski definition) is 3. The van der Waals surface area contributed by atoms with Crippen LogP contribution >= 0.6 is 0 Å². The van der Waals surface area contributed by atoms with Gasteiger partial charge in [0.15, 0.2) is 0 Å². The van der Waals surface area contributed by atoms with Crippen molar-refractivity contribution in [3.63, 3.8) is 0 Å². The number of piperidine rings is 1. The molecule has 1 aliphatic rings.